The zero-order valence-electron chi connectivity index (χ0n) is 14.3. The van der Waals surface area contributed by atoms with Gasteiger partial charge in [0.2, 0.25) is 20.0 Å². The number of rotatable bonds is 7. The molecule has 0 fully saturated rings. The lowest BCUT2D eigenvalue weighted by Crippen LogP contribution is -2.37. The van der Waals surface area contributed by atoms with Crippen molar-refractivity contribution in [3.05, 3.63) is 48.5 Å². The summed E-state index contributed by atoms with van der Waals surface area (Å²) < 4.78 is 51.9. The quantitative estimate of drug-likeness (QED) is 0.718. The van der Waals surface area contributed by atoms with Crippen LogP contribution in [0, 0.1) is 0 Å². The van der Waals surface area contributed by atoms with Gasteiger partial charge in [-0.25, -0.2) is 16.8 Å². The van der Waals surface area contributed by atoms with Crippen molar-refractivity contribution in [3.63, 3.8) is 0 Å². The van der Waals surface area contributed by atoms with Gasteiger partial charge in [-0.2, -0.15) is 8.61 Å². The van der Waals surface area contributed by atoms with E-state index in [1.165, 1.54) is 62.6 Å². The van der Waals surface area contributed by atoms with Crippen LogP contribution in [0.4, 0.5) is 0 Å². The Bertz CT molecular complexity index is 873. The molecule has 2 rings (SSSR count). The minimum atomic E-state index is -3.80. The van der Waals surface area contributed by atoms with Gasteiger partial charge in [0.25, 0.3) is 0 Å². The molecule has 8 nitrogen and oxygen atoms in total. The normalized spacial score (nSPS) is 12.6. The molecule has 10 heteroatoms. The number of hydrogen-bond acceptors (Lipinski definition) is 6. The van der Waals surface area contributed by atoms with E-state index in [0.29, 0.717) is 0 Å². The molecule has 26 heavy (non-hydrogen) atoms. The highest BCUT2D eigenvalue weighted by Gasteiger charge is 2.24. The number of phenolic OH excluding ortho intramolecular Hbond substituents is 2. The molecule has 2 N–H and O–H groups in total. The molecule has 0 bridgehead atoms. The van der Waals surface area contributed by atoms with Crippen LogP contribution in [-0.4, -0.2) is 62.8 Å². The van der Waals surface area contributed by atoms with Crippen LogP contribution in [0.5, 0.6) is 11.5 Å². The Morgan fingerprint density at radius 2 is 0.923 bits per heavy atom. The van der Waals surface area contributed by atoms with Crippen molar-refractivity contribution in [2.75, 3.05) is 27.2 Å². The highest BCUT2D eigenvalue weighted by molar-refractivity contribution is 7.89. The molecule has 2 aromatic carbocycles. The Hall–Kier alpha value is -2.14. The van der Waals surface area contributed by atoms with E-state index >= 15 is 0 Å². The van der Waals surface area contributed by atoms with Crippen LogP contribution in [0.3, 0.4) is 0 Å². The fraction of sp³-hybridized carbons (Fsp3) is 0.250. The van der Waals surface area contributed by atoms with Crippen LogP contribution < -0.4 is 0 Å². The molecule has 0 aromatic heterocycles. The molecule has 0 aliphatic carbocycles. The standard InChI is InChI=1S/C16H20N2O6S2/c1-17(25(21,22)15-7-3-13(19)4-8-15)11-12-18(2)26(23,24)16-9-5-14(20)6-10-16/h3-10,19-20H,11-12H2,1-2H3. The Labute approximate surface area is 153 Å². The van der Waals surface area contributed by atoms with E-state index in [0.717, 1.165) is 8.61 Å². The predicted octanol–water partition coefficient (Wildman–Crippen LogP) is 1.04. The van der Waals surface area contributed by atoms with E-state index in [1.807, 2.05) is 0 Å². The summed E-state index contributed by atoms with van der Waals surface area (Å²) in [7, 11) is -4.90. The van der Waals surface area contributed by atoms with Crippen LogP contribution in [0.2, 0.25) is 0 Å². The highest BCUT2D eigenvalue weighted by Crippen LogP contribution is 2.19. The molecule has 0 heterocycles. The molecule has 0 unspecified atom stereocenters. The SMILES string of the molecule is CN(CCN(C)S(=O)(=O)c1ccc(O)cc1)S(=O)(=O)c1ccc(O)cc1. The number of aromatic hydroxyl groups is 2. The second kappa shape index (κ2) is 7.62. The predicted molar refractivity (Wildman–Crippen MR) is 95.8 cm³/mol. The van der Waals surface area contributed by atoms with Gasteiger partial charge in [0.1, 0.15) is 11.5 Å². The van der Waals surface area contributed by atoms with Gasteiger partial charge in [0.15, 0.2) is 0 Å². The summed E-state index contributed by atoms with van der Waals surface area (Å²) in [6.45, 7) is -0.117. The second-order valence-corrected chi connectivity index (χ2v) is 9.73. The van der Waals surface area contributed by atoms with Crippen molar-refractivity contribution in [3.8, 4) is 11.5 Å². The molecule has 0 atom stereocenters. The summed E-state index contributed by atoms with van der Waals surface area (Å²) >= 11 is 0. The maximum Gasteiger partial charge on any atom is 0.242 e. The number of benzene rings is 2. The van der Waals surface area contributed by atoms with Gasteiger partial charge in [0, 0.05) is 27.2 Å². The summed E-state index contributed by atoms with van der Waals surface area (Å²) in [5.41, 5.74) is 0. The summed E-state index contributed by atoms with van der Waals surface area (Å²) in [5.74, 6) is -0.0994. The van der Waals surface area contributed by atoms with E-state index < -0.39 is 20.0 Å². The van der Waals surface area contributed by atoms with Crippen LogP contribution in [0.25, 0.3) is 0 Å². The van der Waals surface area contributed by atoms with Gasteiger partial charge in [-0.15, -0.1) is 0 Å². The number of likely N-dealkylation sites (N-methyl/N-ethyl adjacent to an activating group) is 2. The zero-order chi connectivity index (χ0) is 19.5. The number of nitrogens with zero attached hydrogens (tertiary/aromatic N) is 2. The first-order valence-corrected chi connectivity index (χ1v) is 10.4. The molecule has 0 saturated heterocycles. The van der Waals surface area contributed by atoms with Crippen molar-refractivity contribution in [1.82, 2.24) is 8.61 Å². The highest BCUT2D eigenvalue weighted by atomic mass is 32.2. The Morgan fingerprint density at radius 3 is 1.19 bits per heavy atom. The third-order valence-electron chi connectivity index (χ3n) is 3.82. The first-order valence-electron chi connectivity index (χ1n) is 7.56. The minimum Gasteiger partial charge on any atom is -0.508 e. The van der Waals surface area contributed by atoms with Crippen LogP contribution in [-0.2, 0) is 20.0 Å². The fourth-order valence-electron chi connectivity index (χ4n) is 2.12. The van der Waals surface area contributed by atoms with Gasteiger partial charge in [-0.1, -0.05) is 0 Å². The minimum absolute atomic E-state index is 0.00171. The summed E-state index contributed by atoms with van der Waals surface area (Å²) in [5, 5.41) is 18.5. The fourth-order valence-corrected chi connectivity index (χ4v) is 4.44. The first-order chi connectivity index (χ1) is 12.0. The number of phenols is 2. The van der Waals surface area contributed by atoms with Crippen LogP contribution in [0.15, 0.2) is 58.3 Å². The van der Waals surface area contributed by atoms with Crippen molar-refractivity contribution in [2.45, 2.75) is 9.79 Å². The second-order valence-electron chi connectivity index (χ2n) is 5.64. The third kappa shape index (κ3) is 4.33. The lowest BCUT2D eigenvalue weighted by atomic mass is 10.3. The van der Waals surface area contributed by atoms with E-state index in [-0.39, 0.29) is 34.4 Å². The number of sulfonamides is 2. The average molecular weight is 400 g/mol. The average Bonchev–Trinajstić information content (AvgIpc) is 2.60. The molecule has 0 aliphatic heterocycles. The number of hydrogen-bond donors (Lipinski definition) is 2. The van der Waals surface area contributed by atoms with Crippen LogP contribution in [0.1, 0.15) is 0 Å². The Kier molecular flexibility index (Phi) is 5.91. The molecular weight excluding hydrogens is 380 g/mol. The van der Waals surface area contributed by atoms with Crippen molar-refractivity contribution in [1.29, 1.82) is 0 Å². The first kappa shape index (κ1) is 20.2. The zero-order valence-corrected chi connectivity index (χ0v) is 15.9. The topological polar surface area (TPSA) is 115 Å². The molecular formula is C16H20N2O6S2. The summed E-state index contributed by atoms with van der Waals surface area (Å²) in [6.07, 6.45) is 0. The lowest BCUT2D eigenvalue weighted by Gasteiger charge is -2.22. The summed E-state index contributed by atoms with van der Waals surface area (Å²) in [6, 6.07) is 10.2. The third-order valence-corrected chi connectivity index (χ3v) is 7.56. The van der Waals surface area contributed by atoms with Gasteiger partial charge < -0.3 is 10.2 Å². The largest absolute Gasteiger partial charge is 0.508 e. The molecule has 2 aromatic rings. The van der Waals surface area contributed by atoms with Gasteiger partial charge >= 0.3 is 0 Å². The van der Waals surface area contributed by atoms with Gasteiger partial charge in [-0.3, -0.25) is 0 Å². The molecule has 0 amide bonds. The van der Waals surface area contributed by atoms with E-state index in [1.54, 1.807) is 0 Å². The van der Waals surface area contributed by atoms with Gasteiger partial charge in [0.05, 0.1) is 9.79 Å². The summed E-state index contributed by atoms with van der Waals surface area (Å²) in [4.78, 5) is 0.00342. The molecule has 142 valence electrons. The smallest absolute Gasteiger partial charge is 0.242 e. The van der Waals surface area contributed by atoms with Crippen molar-refractivity contribution >= 4 is 20.0 Å². The van der Waals surface area contributed by atoms with Crippen LogP contribution >= 0.6 is 0 Å². The Morgan fingerprint density at radius 1 is 0.654 bits per heavy atom. The van der Waals surface area contributed by atoms with Crippen molar-refractivity contribution < 1.29 is 27.0 Å². The Balaban J connectivity index is 2.09. The molecule has 0 aliphatic rings. The van der Waals surface area contributed by atoms with E-state index in [2.05, 4.69) is 0 Å². The van der Waals surface area contributed by atoms with E-state index in [4.69, 9.17) is 0 Å². The van der Waals surface area contributed by atoms with Crippen molar-refractivity contribution in [2.24, 2.45) is 0 Å². The molecule has 0 saturated carbocycles. The maximum absolute atomic E-state index is 12.5. The maximum atomic E-state index is 12.5. The molecule has 0 spiro atoms. The monoisotopic (exact) mass is 400 g/mol. The molecule has 0 radical (unpaired) electrons. The lowest BCUT2D eigenvalue weighted by molar-refractivity contribution is 0.404. The van der Waals surface area contributed by atoms with Gasteiger partial charge in [-0.05, 0) is 48.5 Å². The van der Waals surface area contributed by atoms with E-state index in [9.17, 15) is 27.0 Å².